The first-order valence-corrected chi connectivity index (χ1v) is 8.59. The number of nitrogens with one attached hydrogen (secondary N) is 1. The molecule has 2 rings (SSSR count). The van der Waals surface area contributed by atoms with Gasteiger partial charge >= 0.3 is 0 Å². The number of hydrogen-bond donors (Lipinski definition) is 1. The van der Waals surface area contributed by atoms with E-state index >= 15 is 0 Å². The zero-order valence-corrected chi connectivity index (χ0v) is 14.4. The topological polar surface area (TPSA) is 21.3 Å². The van der Waals surface area contributed by atoms with Gasteiger partial charge in [-0.25, -0.2) is 0 Å². The fourth-order valence-electron chi connectivity index (χ4n) is 2.91. The minimum atomic E-state index is 0.315. The standard InChI is InChI=1S/C17H26BrNO/c1-4-19-13(3)16-11-14(18)7-10-17(16)20-15-8-5-12(2)6-9-15/h7,10-13,15,19H,4-6,8-9H2,1-3H3. The van der Waals surface area contributed by atoms with Gasteiger partial charge in [0.05, 0.1) is 6.10 Å². The Morgan fingerprint density at radius 2 is 2.00 bits per heavy atom. The van der Waals surface area contributed by atoms with Crippen molar-refractivity contribution in [3.05, 3.63) is 28.2 Å². The summed E-state index contributed by atoms with van der Waals surface area (Å²) in [6, 6.07) is 6.66. The van der Waals surface area contributed by atoms with Crippen LogP contribution in [0.4, 0.5) is 0 Å². The molecule has 0 heterocycles. The van der Waals surface area contributed by atoms with E-state index in [0.29, 0.717) is 12.1 Å². The molecule has 0 radical (unpaired) electrons. The van der Waals surface area contributed by atoms with Crippen molar-refractivity contribution in [2.24, 2.45) is 5.92 Å². The maximum absolute atomic E-state index is 6.30. The molecular weight excluding hydrogens is 314 g/mol. The Kier molecular flexibility index (Phi) is 5.91. The van der Waals surface area contributed by atoms with Crippen molar-refractivity contribution in [2.45, 2.75) is 58.6 Å². The lowest BCUT2D eigenvalue weighted by atomic mass is 9.89. The highest BCUT2D eigenvalue weighted by atomic mass is 79.9. The van der Waals surface area contributed by atoms with E-state index in [1.807, 2.05) is 0 Å². The highest BCUT2D eigenvalue weighted by molar-refractivity contribution is 9.10. The summed E-state index contributed by atoms with van der Waals surface area (Å²) >= 11 is 3.57. The highest BCUT2D eigenvalue weighted by Gasteiger charge is 2.21. The molecule has 1 aliphatic rings. The van der Waals surface area contributed by atoms with Gasteiger partial charge in [-0.1, -0.05) is 29.8 Å². The maximum Gasteiger partial charge on any atom is 0.124 e. The third kappa shape index (κ3) is 4.23. The Labute approximate surface area is 131 Å². The van der Waals surface area contributed by atoms with E-state index in [1.54, 1.807) is 0 Å². The van der Waals surface area contributed by atoms with Crippen molar-refractivity contribution in [1.82, 2.24) is 5.32 Å². The summed E-state index contributed by atoms with van der Waals surface area (Å²) in [5.74, 6) is 1.90. The first kappa shape index (κ1) is 15.8. The lowest BCUT2D eigenvalue weighted by Gasteiger charge is -2.28. The summed E-state index contributed by atoms with van der Waals surface area (Å²) in [5, 5.41) is 3.47. The molecule has 1 N–H and O–H groups in total. The third-order valence-electron chi connectivity index (χ3n) is 4.21. The van der Waals surface area contributed by atoms with E-state index in [1.165, 1.54) is 31.2 Å². The van der Waals surface area contributed by atoms with Crippen LogP contribution in [0.5, 0.6) is 5.75 Å². The minimum absolute atomic E-state index is 0.315. The largest absolute Gasteiger partial charge is 0.490 e. The Morgan fingerprint density at radius 1 is 1.30 bits per heavy atom. The molecule has 3 heteroatoms. The zero-order chi connectivity index (χ0) is 14.5. The fourth-order valence-corrected chi connectivity index (χ4v) is 3.29. The van der Waals surface area contributed by atoms with Crippen molar-refractivity contribution in [3.8, 4) is 5.75 Å². The lowest BCUT2D eigenvalue weighted by Crippen LogP contribution is -2.25. The molecule has 1 aromatic carbocycles. The van der Waals surface area contributed by atoms with Gasteiger partial charge in [-0.3, -0.25) is 0 Å². The molecule has 0 bridgehead atoms. The molecular formula is C17H26BrNO. The predicted molar refractivity (Wildman–Crippen MR) is 88.3 cm³/mol. The predicted octanol–water partition coefficient (Wildman–Crippen LogP) is 5.08. The van der Waals surface area contributed by atoms with Crippen LogP contribution in [0.2, 0.25) is 0 Å². The highest BCUT2D eigenvalue weighted by Crippen LogP contribution is 2.32. The van der Waals surface area contributed by atoms with Crippen LogP contribution in [-0.2, 0) is 0 Å². The molecule has 0 saturated heterocycles. The molecule has 112 valence electrons. The smallest absolute Gasteiger partial charge is 0.124 e. The van der Waals surface area contributed by atoms with Crippen LogP contribution in [0, 0.1) is 5.92 Å². The summed E-state index contributed by atoms with van der Waals surface area (Å²) < 4.78 is 7.41. The monoisotopic (exact) mass is 339 g/mol. The van der Waals surface area contributed by atoms with Gasteiger partial charge in [0.15, 0.2) is 0 Å². The van der Waals surface area contributed by atoms with Crippen LogP contribution in [-0.4, -0.2) is 12.6 Å². The summed E-state index contributed by atoms with van der Waals surface area (Å²) in [7, 11) is 0. The van der Waals surface area contributed by atoms with Crippen LogP contribution in [0.25, 0.3) is 0 Å². The number of hydrogen-bond acceptors (Lipinski definition) is 2. The number of benzene rings is 1. The quantitative estimate of drug-likeness (QED) is 0.807. The van der Waals surface area contributed by atoms with Gasteiger partial charge in [-0.15, -0.1) is 0 Å². The second-order valence-electron chi connectivity index (χ2n) is 5.96. The molecule has 1 aliphatic carbocycles. The lowest BCUT2D eigenvalue weighted by molar-refractivity contribution is 0.133. The minimum Gasteiger partial charge on any atom is -0.490 e. The average Bonchev–Trinajstić information content (AvgIpc) is 2.43. The molecule has 1 saturated carbocycles. The van der Waals surface area contributed by atoms with E-state index in [-0.39, 0.29) is 0 Å². The van der Waals surface area contributed by atoms with Gasteiger partial charge in [0.1, 0.15) is 5.75 Å². The van der Waals surface area contributed by atoms with Crippen molar-refractivity contribution in [2.75, 3.05) is 6.54 Å². The number of ether oxygens (including phenoxy) is 1. The zero-order valence-electron chi connectivity index (χ0n) is 12.8. The molecule has 1 unspecified atom stereocenters. The van der Waals surface area contributed by atoms with Crippen molar-refractivity contribution < 1.29 is 4.74 Å². The molecule has 20 heavy (non-hydrogen) atoms. The Morgan fingerprint density at radius 3 is 2.65 bits per heavy atom. The molecule has 0 spiro atoms. The Hall–Kier alpha value is -0.540. The van der Waals surface area contributed by atoms with Gasteiger partial charge in [-0.05, 0) is 63.3 Å². The van der Waals surface area contributed by atoms with Gasteiger partial charge in [0, 0.05) is 16.1 Å². The van der Waals surface area contributed by atoms with E-state index in [9.17, 15) is 0 Å². The van der Waals surface area contributed by atoms with E-state index in [0.717, 1.165) is 22.7 Å². The molecule has 0 aliphatic heterocycles. The van der Waals surface area contributed by atoms with Gasteiger partial charge in [0.25, 0.3) is 0 Å². The Balaban J connectivity index is 2.10. The van der Waals surface area contributed by atoms with Crippen LogP contribution in [0.1, 0.15) is 58.1 Å². The SMILES string of the molecule is CCNC(C)c1cc(Br)ccc1OC1CCC(C)CC1. The molecule has 2 nitrogen and oxygen atoms in total. The second kappa shape index (κ2) is 7.46. The number of halogens is 1. The van der Waals surface area contributed by atoms with Gasteiger partial charge < -0.3 is 10.1 Å². The van der Waals surface area contributed by atoms with Crippen molar-refractivity contribution in [1.29, 1.82) is 0 Å². The molecule has 0 aromatic heterocycles. The van der Waals surface area contributed by atoms with E-state index < -0.39 is 0 Å². The summed E-state index contributed by atoms with van der Waals surface area (Å²) in [6.45, 7) is 7.64. The van der Waals surface area contributed by atoms with E-state index in [2.05, 4.69) is 60.2 Å². The number of rotatable bonds is 5. The van der Waals surface area contributed by atoms with Crippen LogP contribution in [0.3, 0.4) is 0 Å². The maximum atomic E-state index is 6.30. The molecule has 1 aromatic rings. The fraction of sp³-hybridized carbons (Fsp3) is 0.647. The summed E-state index contributed by atoms with van der Waals surface area (Å²) in [5.41, 5.74) is 1.25. The first-order valence-electron chi connectivity index (χ1n) is 7.79. The van der Waals surface area contributed by atoms with Crippen LogP contribution >= 0.6 is 15.9 Å². The summed E-state index contributed by atoms with van der Waals surface area (Å²) in [6.07, 6.45) is 5.34. The second-order valence-corrected chi connectivity index (χ2v) is 6.88. The van der Waals surface area contributed by atoms with Crippen LogP contribution in [0.15, 0.2) is 22.7 Å². The first-order chi connectivity index (χ1) is 9.60. The molecule has 0 amide bonds. The Bertz CT molecular complexity index is 427. The van der Waals surface area contributed by atoms with Gasteiger partial charge in [-0.2, -0.15) is 0 Å². The van der Waals surface area contributed by atoms with Crippen molar-refractivity contribution >= 4 is 15.9 Å². The molecule has 1 fully saturated rings. The van der Waals surface area contributed by atoms with Crippen molar-refractivity contribution in [3.63, 3.8) is 0 Å². The van der Waals surface area contributed by atoms with Crippen LogP contribution < -0.4 is 10.1 Å². The normalized spacial score (nSPS) is 24.4. The third-order valence-corrected chi connectivity index (χ3v) is 4.70. The van der Waals surface area contributed by atoms with E-state index in [4.69, 9.17) is 4.74 Å². The summed E-state index contributed by atoms with van der Waals surface area (Å²) in [4.78, 5) is 0. The molecule has 1 atom stereocenters. The average molecular weight is 340 g/mol. The van der Waals surface area contributed by atoms with Gasteiger partial charge in [0.2, 0.25) is 0 Å².